The van der Waals surface area contributed by atoms with Crippen LogP contribution in [0.1, 0.15) is 79.5 Å². The Balaban J connectivity index is 1.83. The Bertz CT molecular complexity index is 1410. The van der Waals surface area contributed by atoms with Gasteiger partial charge in [0.25, 0.3) is 17.7 Å². The molecule has 0 fully saturated rings. The van der Waals surface area contributed by atoms with Crippen molar-refractivity contribution in [2.75, 3.05) is 12.3 Å². The molecule has 222 valence electrons. The number of alkyl halides is 6. The van der Waals surface area contributed by atoms with Gasteiger partial charge in [0.05, 0.1) is 11.3 Å². The highest BCUT2D eigenvalue weighted by Gasteiger charge is 2.58. The molecule has 3 aromatic rings. The fraction of sp³-hybridized carbons (Fsp3) is 0.481. The second-order valence-corrected chi connectivity index (χ2v) is 11.1. The lowest BCUT2D eigenvalue weighted by Crippen LogP contribution is -2.42. The number of hydrogen-bond donors (Lipinski definition) is 2. The van der Waals surface area contributed by atoms with Gasteiger partial charge in [-0.15, -0.1) is 10.2 Å². The summed E-state index contributed by atoms with van der Waals surface area (Å²) in [6.45, 7) is 5.88. The number of benzene rings is 1. The van der Waals surface area contributed by atoms with Crippen molar-refractivity contribution < 1.29 is 40.7 Å². The quantitative estimate of drug-likeness (QED) is 0.355. The number of aliphatic hydroxyl groups is 1. The van der Waals surface area contributed by atoms with Gasteiger partial charge in [-0.05, 0) is 41.9 Å². The van der Waals surface area contributed by atoms with Gasteiger partial charge >= 0.3 is 12.4 Å². The molecule has 8 nitrogen and oxygen atoms in total. The van der Waals surface area contributed by atoms with Gasteiger partial charge in [0.2, 0.25) is 5.60 Å². The molecular weight excluding hydrogens is 556 g/mol. The first-order chi connectivity index (χ1) is 18.9. The maximum absolute atomic E-state index is 14.0. The van der Waals surface area contributed by atoms with E-state index >= 15 is 0 Å². The van der Waals surface area contributed by atoms with Crippen LogP contribution in [0.25, 0.3) is 11.6 Å². The summed E-state index contributed by atoms with van der Waals surface area (Å²) in [5, 5.41) is 17.3. The summed E-state index contributed by atoms with van der Waals surface area (Å²) in [4.78, 5) is 18.6. The number of halogens is 6. The van der Waals surface area contributed by atoms with Crippen molar-refractivity contribution in [2.24, 2.45) is 0 Å². The van der Waals surface area contributed by atoms with Crippen molar-refractivity contribution in [2.45, 2.75) is 76.4 Å². The number of nitrogens with two attached hydrogens (primary N) is 1. The minimum absolute atomic E-state index is 0.0820. The monoisotopic (exact) mass is 585 g/mol. The number of nitrogen functional groups attached to an aromatic ring is 1. The molecule has 0 saturated heterocycles. The molecule has 0 unspecified atom stereocenters. The van der Waals surface area contributed by atoms with Crippen LogP contribution in [0, 0.1) is 0 Å². The van der Waals surface area contributed by atoms with Crippen molar-refractivity contribution >= 4 is 11.6 Å². The fourth-order valence-electron chi connectivity index (χ4n) is 4.53. The van der Waals surface area contributed by atoms with Gasteiger partial charge in [0.1, 0.15) is 5.69 Å². The molecule has 0 spiro atoms. The van der Waals surface area contributed by atoms with E-state index in [4.69, 9.17) is 10.2 Å². The summed E-state index contributed by atoms with van der Waals surface area (Å²) in [5.74, 6) is -3.03. The normalized spacial score (nSPS) is 19.3. The first-order valence-electron chi connectivity index (χ1n) is 12.8. The van der Waals surface area contributed by atoms with E-state index in [1.54, 1.807) is 12.1 Å². The Morgan fingerprint density at radius 1 is 1.00 bits per heavy atom. The molecule has 3 N–H and O–H groups in total. The van der Waals surface area contributed by atoms with Crippen LogP contribution in [0.3, 0.4) is 0 Å². The van der Waals surface area contributed by atoms with E-state index < -0.39 is 64.7 Å². The van der Waals surface area contributed by atoms with Gasteiger partial charge in [-0.3, -0.25) is 4.79 Å². The number of anilines is 1. The standard InChI is InChI=1S/C27H29F6N5O3/c1-24(2,3)16-9-7-15(8-10-16)14-38-12-6-4-5-11-25(40,27(31,32)33)23-37-36-21(41-23)20-18(34)13-17(26(28,29)30)19(35-20)22(38)39/h7-10,13,40H,4-6,11-12,14,34H2,1-3H3/t25-/m1/s1. The Hall–Kier alpha value is -3.68. The van der Waals surface area contributed by atoms with Gasteiger partial charge in [0, 0.05) is 13.1 Å². The zero-order valence-electron chi connectivity index (χ0n) is 22.5. The number of rotatable bonds is 2. The maximum Gasteiger partial charge on any atom is 0.426 e. The van der Waals surface area contributed by atoms with Crippen LogP contribution in [0.5, 0.6) is 0 Å². The first-order valence-corrected chi connectivity index (χ1v) is 12.8. The zero-order valence-corrected chi connectivity index (χ0v) is 22.5. The predicted molar refractivity (Wildman–Crippen MR) is 135 cm³/mol. The smallest absolute Gasteiger partial charge is 0.416 e. The molecule has 1 amide bonds. The summed E-state index contributed by atoms with van der Waals surface area (Å²) in [6.07, 6.45) is -11.0. The molecule has 0 radical (unpaired) electrons. The Labute approximate surface area is 231 Å². The van der Waals surface area contributed by atoms with Crippen LogP contribution >= 0.6 is 0 Å². The van der Waals surface area contributed by atoms with Gasteiger partial charge in [0.15, 0.2) is 5.69 Å². The number of carbonyl (C=O) groups is 1. The number of fused-ring (bicyclic) bond motifs is 5. The summed E-state index contributed by atoms with van der Waals surface area (Å²) in [6, 6.07) is 7.69. The van der Waals surface area contributed by atoms with E-state index in [1.807, 2.05) is 32.9 Å². The van der Waals surface area contributed by atoms with Gasteiger partial charge in [-0.2, -0.15) is 26.3 Å². The zero-order chi connectivity index (χ0) is 30.4. The summed E-state index contributed by atoms with van der Waals surface area (Å²) in [5.41, 5.74) is 0.0437. The molecule has 2 aromatic heterocycles. The highest BCUT2D eigenvalue weighted by atomic mass is 19.4. The average Bonchev–Trinajstić information content (AvgIpc) is 3.35. The Morgan fingerprint density at radius 2 is 1.66 bits per heavy atom. The Kier molecular flexibility index (Phi) is 7.84. The maximum atomic E-state index is 14.0. The molecule has 4 rings (SSSR count). The lowest BCUT2D eigenvalue weighted by molar-refractivity contribution is -0.277. The minimum atomic E-state index is -5.20. The largest absolute Gasteiger partial charge is 0.426 e. The van der Waals surface area contributed by atoms with Crippen molar-refractivity contribution in [1.29, 1.82) is 0 Å². The molecule has 3 heterocycles. The first kappa shape index (κ1) is 30.3. The molecule has 14 heteroatoms. The third kappa shape index (κ3) is 6.16. The molecule has 0 aliphatic carbocycles. The van der Waals surface area contributed by atoms with E-state index in [9.17, 15) is 36.2 Å². The van der Waals surface area contributed by atoms with Crippen LogP contribution in [0.4, 0.5) is 32.0 Å². The molecule has 1 atom stereocenters. The number of carbonyl (C=O) groups excluding carboxylic acids is 1. The number of amides is 1. The van der Waals surface area contributed by atoms with Crippen LogP contribution in [-0.2, 0) is 23.7 Å². The van der Waals surface area contributed by atoms with Crippen molar-refractivity contribution in [1.82, 2.24) is 20.1 Å². The highest BCUT2D eigenvalue weighted by Crippen LogP contribution is 2.43. The minimum Gasteiger partial charge on any atom is -0.416 e. The lowest BCUT2D eigenvalue weighted by Gasteiger charge is -2.28. The molecule has 1 aliphatic heterocycles. The summed E-state index contributed by atoms with van der Waals surface area (Å²) >= 11 is 0. The number of nitrogens with zero attached hydrogens (tertiary/aromatic N) is 4. The van der Waals surface area contributed by atoms with E-state index in [1.165, 1.54) is 0 Å². The van der Waals surface area contributed by atoms with E-state index in [-0.39, 0.29) is 37.8 Å². The number of pyridine rings is 1. The highest BCUT2D eigenvalue weighted by molar-refractivity contribution is 5.95. The molecule has 0 saturated carbocycles. The summed E-state index contributed by atoms with van der Waals surface area (Å²) < 4.78 is 88.9. The van der Waals surface area contributed by atoms with Crippen molar-refractivity contribution in [3.63, 3.8) is 0 Å². The average molecular weight is 586 g/mol. The molecule has 1 aromatic carbocycles. The van der Waals surface area contributed by atoms with Gasteiger partial charge in [-0.25, -0.2) is 4.98 Å². The predicted octanol–water partition coefficient (Wildman–Crippen LogP) is 6.00. The molecule has 4 bridgehead atoms. The van der Waals surface area contributed by atoms with E-state index in [0.717, 1.165) is 10.5 Å². The lowest BCUT2D eigenvalue weighted by atomic mass is 9.87. The Morgan fingerprint density at radius 3 is 2.24 bits per heavy atom. The van der Waals surface area contributed by atoms with Crippen LogP contribution in [0.15, 0.2) is 34.7 Å². The van der Waals surface area contributed by atoms with Crippen LogP contribution < -0.4 is 5.73 Å². The van der Waals surface area contributed by atoms with Crippen LogP contribution in [-0.4, -0.2) is 43.8 Å². The third-order valence-corrected chi connectivity index (χ3v) is 6.96. The van der Waals surface area contributed by atoms with Gasteiger partial charge < -0.3 is 20.2 Å². The molecular formula is C27H29F6N5O3. The SMILES string of the molecule is CC(C)(C)c1ccc(CN2CCCCC[C@](O)(C(F)(F)F)c3nnc(o3)-c3nc(c(C(F)(F)F)cc3N)C2=O)cc1. The number of aromatic nitrogens is 3. The van der Waals surface area contributed by atoms with Gasteiger partial charge in [-0.1, -0.05) is 51.5 Å². The van der Waals surface area contributed by atoms with Crippen molar-refractivity contribution in [3.8, 4) is 11.6 Å². The third-order valence-electron chi connectivity index (χ3n) is 6.96. The topological polar surface area (TPSA) is 118 Å². The van der Waals surface area contributed by atoms with Crippen LogP contribution in [0.2, 0.25) is 0 Å². The fourth-order valence-corrected chi connectivity index (χ4v) is 4.53. The van der Waals surface area contributed by atoms with E-state index in [0.29, 0.717) is 11.6 Å². The second-order valence-electron chi connectivity index (χ2n) is 11.1. The van der Waals surface area contributed by atoms with Crippen molar-refractivity contribution in [3.05, 3.63) is 58.6 Å². The number of hydrogen-bond acceptors (Lipinski definition) is 7. The summed E-state index contributed by atoms with van der Waals surface area (Å²) in [7, 11) is 0. The van der Waals surface area contributed by atoms with E-state index in [2.05, 4.69) is 15.2 Å². The molecule has 1 aliphatic rings. The second kappa shape index (κ2) is 10.6. The molecule has 41 heavy (non-hydrogen) atoms.